The van der Waals surface area contributed by atoms with Crippen LogP contribution in [-0.4, -0.2) is 11.1 Å². The van der Waals surface area contributed by atoms with E-state index in [1.165, 1.54) is 6.07 Å². The smallest absolute Gasteiger partial charge is 0.337 e. The molecule has 0 bridgehead atoms. The van der Waals surface area contributed by atoms with Crippen molar-refractivity contribution in [1.29, 1.82) is 0 Å². The van der Waals surface area contributed by atoms with Crippen molar-refractivity contribution in [1.82, 2.24) is 0 Å². The molecule has 98 valence electrons. The van der Waals surface area contributed by atoms with E-state index in [2.05, 4.69) is 5.32 Å². The van der Waals surface area contributed by atoms with Gasteiger partial charge in [0.05, 0.1) is 5.56 Å². The number of para-hydroxylation sites is 1. The molecule has 2 aromatic carbocycles. The van der Waals surface area contributed by atoms with Crippen molar-refractivity contribution < 1.29 is 9.90 Å². The number of rotatable bonds is 3. The van der Waals surface area contributed by atoms with Crippen LogP contribution in [0.4, 0.5) is 17.1 Å². The summed E-state index contributed by atoms with van der Waals surface area (Å²) in [5, 5.41) is 12.2. The topological polar surface area (TPSA) is 75.3 Å². The fourth-order valence-corrected chi connectivity index (χ4v) is 1.99. The second-order valence-corrected chi connectivity index (χ2v) is 4.50. The lowest BCUT2D eigenvalue weighted by atomic mass is 10.1. The number of benzene rings is 2. The summed E-state index contributed by atoms with van der Waals surface area (Å²) in [6, 6.07) is 10.9. The minimum Gasteiger partial charge on any atom is -0.478 e. The van der Waals surface area contributed by atoms with Crippen LogP contribution in [-0.2, 0) is 0 Å². The minimum atomic E-state index is -1.02. The van der Waals surface area contributed by atoms with Crippen molar-refractivity contribution in [2.75, 3.05) is 11.1 Å². The third-order valence-electron chi connectivity index (χ3n) is 3.03. The van der Waals surface area contributed by atoms with Gasteiger partial charge in [-0.2, -0.15) is 0 Å². The molecule has 4 nitrogen and oxygen atoms in total. The Hall–Kier alpha value is -2.49. The normalized spacial score (nSPS) is 10.2. The average Bonchev–Trinajstić information content (AvgIpc) is 2.33. The van der Waals surface area contributed by atoms with Crippen LogP contribution in [0.5, 0.6) is 0 Å². The lowest BCUT2D eigenvalue weighted by molar-refractivity contribution is 0.0698. The molecule has 19 heavy (non-hydrogen) atoms. The van der Waals surface area contributed by atoms with E-state index in [9.17, 15) is 4.79 Å². The van der Waals surface area contributed by atoms with Gasteiger partial charge >= 0.3 is 5.97 Å². The Morgan fingerprint density at radius 2 is 1.79 bits per heavy atom. The highest BCUT2D eigenvalue weighted by atomic mass is 16.4. The molecular weight excluding hydrogens is 240 g/mol. The molecule has 2 rings (SSSR count). The Kier molecular flexibility index (Phi) is 3.42. The van der Waals surface area contributed by atoms with Crippen LogP contribution < -0.4 is 11.1 Å². The van der Waals surface area contributed by atoms with E-state index in [1.807, 2.05) is 32.0 Å². The first-order valence-electron chi connectivity index (χ1n) is 5.95. The van der Waals surface area contributed by atoms with Gasteiger partial charge in [0.1, 0.15) is 0 Å². The van der Waals surface area contributed by atoms with Crippen molar-refractivity contribution in [2.45, 2.75) is 13.8 Å². The van der Waals surface area contributed by atoms with Crippen molar-refractivity contribution in [3.8, 4) is 0 Å². The van der Waals surface area contributed by atoms with Crippen LogP contribution in [0, 0.1) is 13.8 Å². The van der Waals surface area contributed by atoms with E-state index in [-0.39, 0.29) is 11.3 Å². The van der Waals surface area contributed by atoms with Crippen molar-refractivity contribution in [3.63, 3.8) is 0 Å². The van der Waals surface area contributed by atoms with Crippen LogP contribution in [0.15, 0.2) is 36.4 Å². The molecule has 4 N–H and O–H groups in total. The van der Waals surface area contributed by atoms with Crippen molar-refractivity contribution in [2.24, 2.45) is 0 Å². The van der Waals surface area contributed by atoms with E-state index in [1.54, 1.807) is 12.1 Å². The fourth-order valence-electron chi connectivity index (χ4n) is 1.99. The molecule has 0 aromatic heterocycles. The average molecular weight is 256 g/mol. The van der Waals surface area contributed by atoms with Gasteiger partial charge in [0.15, 0.2) is 0 Å². The number of carbonyl (C=O) groups is 1. The summed E-state index contributed by atoms with van der Waals surface area (Å²) in [5.41, 5.74) is 10.2. The number of hydrogen-bond donors (Lipinski definition) is 3. The highest BCUT2D eigenvalue weighted by Crippen LogP contribution is 2.26. The molecule has 0 aliphatic carbocycles. The summed E-state index contributed by atoms with van der Waals surface area (Å²) < 4.78 is 0. The number of aryl methyl sites for hydroxylation is 2. The first kappa shape index (κ1) is 13.0. The molecule has 0 saturated heterocycles. The van der Waals surface area contributed by atoms with Gasteiger partial charge in [-0.05, 0) is 43.2 Å². The van der Waals surface area contributed by atoms with Crippen molar-refractivity contribution in [3.05, 3.63) is 53.1 Å². The molecule has 0 aliphatic rings. The Balaban J connectivity index is 2.34. The van der Waals surface area contributed by atoms with E-state index in [4.69, 9.17) is 10.8 Å². The fraction of sp³-hybridized carbons (Fsp3) is 0.133. The molecule has 0 aliphatic heterocycles. The molecular formula is C15H16N2O2. The van der Waals surface area contributed by atoms with E-state index in [0.717, 1.165) is 22.5 Å². The maximum absolute atomic E-state index is 10.9. The Bertz CT molecular complexity index is 616. The van der Waals surface area contributed by atoms with Crippen LogP contribution in [0.25, 0.3) is 0 Å². The number of carboxylic acids is 1. The molecule has 0 spiro atoms. The number of nitrogen functional groups attached to an aromatic ring is 1. The zero-order chi connectivity index (χ0) is 14.0. The third kappa shape index (κ3) is 2.68. The van der Waals surface area contributed by atoms with Gasteiger partial charge in [-0.15, -0.1) is 0 Å². The first-order chi connectivity index (χ1) is 8.99. The summed E-state index contributed by atoms with van der Waals surface area (Å²) in [5.74, 6) is -1.02. The maximum Gasteiger partial charge on any atom is 0.337 e. The molecule has 0 atom stereocenters. The second-order valence-electron chi connectivity index (χ2n) is 4.50. The number of carboxylic acid groups (broad SMARTS) is 1. The molecule has 4 heteroatoms. The van der Waals surface area contributed by atoms with Crippen LogP contribution in [0.3, 0.4) is 0 Å². The maximum atomic E-state index is 10.9. The highest BCUT2D eigenvalue weighted by Gasteiger charge is 2.09. The number of nitrogens with two attached hydrogens (primary N) is 1. The van der Waals surface area contributed by atoms with Gasteiger partial charge in [0.25, 0.3) is 0 Å². The standard InChI is InChI=1S/C15H16N2O2/c1-9-4-3-5-10(2)14(9)17-11-6-7-12(15(18)19)13(16)8-11/h3-8,17H,16H2,1-2H3,(H,18,19). The summed E-state index contributed by atoms with van der Waals surface area (Å²) >= 11 is 0. The van der Waals surface area contributed by atoms with Gasteiger partial charge < -0.3 is 16.2 Å². The summed E-state index contributed by atoms with van der Waals surface area (Å²) in [7, 11) is 0. The quantitative estimate of drug-likeness (QED) is 0.736. The summed E-state index contributed by atoms with van der Waals surface area (Å²) in [4.78, 5) is 10.9. The highest BCUT2D eigenvalue weighted by molar-refractivity contribution is 5.94. The molecule has 0 unspecified atom stereocenters. The molecule has 2 aromatic rings. The predicted octanol–water partition coefficient (Wildman–Crippen LogP) is 3.33. The SMILES string of the molecule is Cc1cccc(C)c1Nc1ccc(C(=O)O)c(N)c1. The van der Waals surface area contributed by atoms with E-state index in [0.29, 0.717) is 0 Å². The lowest BCUT2D eigenvalue weighted by Gasteiger charge is -2.13. The number of aromatic carboxylic acids is 1. The number of anilines is 3. The molecule has 0 radical (unpaired) electrons. The predicted molar refractivity (Wildman–Crippen MR) is 77.0 cm³/mol. The Labute approximate surface area is 111 Å². The van der Waals surface area contributed by atoms with Crippen LogP contribution in [0.2, 0.25) is 0 Å². The Morgan fingerprint density at radius 3 is 2.32 bits per heavy atom. The monoisotopic (exact) mass is 256 g/mol. The molecule has 0 heterocycles. The van der Waals surface area contributed by atoms with Gasteiger partial charge in [-0.25, -0.2) is 4.79 Å². The lowest BCUT2D eigenvalue weighted by Crippen LogP contribution is -2.03. The zero-order valence-corrected chi connectivity index (χ0v) is 10.9. The van der Waals surface area contributed by atoms with Gasteiger partial charge in [-0.1, -0.05) is 18.2 Å². The molecule has 0 fully saturated rings. The Morgan fingerprint density at radius 1 is 1.16 bits per heavy atom. The largest absolute Gasteiger partial charge is 0.478 e. The second kappa shape index (κ2) is 5.02. The third-order valence-corrected chi connectivity index (χ3v) is 3.03. The van der Waals surface area contributed by atoms with Gasteiger partial charge in [-0.3, -0.25) is 0 Å². The number of nitrogens with one attached hydrogen (secondary N) is 1. The molecule has 0 saturated carbocycles. The van der Waals surface area contributed by atoms with Crippen LogP contribution in [0.1, 0.15) is 21.5 Å². The van der Waals surface area contributed by atoms with E-state index < -0.39 is 5.97 Å². The van der Waals surface area contributed by atoms with Gasteiger partial charge in [0, 0.05) is 17.1 Å². The van der Waals surface area contributed by atoms with Crippen molar-refractivity contribution >= 4 is 23.0 Å². The summed E-state index contributed by atoms with van der Waals surface area (Å²) in [6.45, 7) is 4.04. The minimum absolute atomic E-state index is 0.118. The van der Waals surface area contributed by atoms with Crippen LogP contribution >= 0.6 is 0 Å². The summed E-state index contributed by atoms with van der Waals surface area (Å²) in [6.07, 6.45) is 0. The number of hydrogen-bond acceptors (Lipinski definition) is 3. The molecule has 0 amide bonds. The zero-order valence-electron chi connectivity index (χ0n) is 10.9. The first-order valence-corrected chi connectivity index (χ1v) is 5.95. The van der Waals surface area contributed by atoms with E-state index >= 15 is 0 Å². The van der Waals surface area contributed by atoms with Gasteiger partial charge in [0.2, 0.25) is 0 Å².